The van der Waals surface area contributed by atoms with Crippen molar-refractivity contribution in [1.82, 2.24) is 4.90 Å². The van der Waals surface area contributed by atoms with E-state index in [1.807, 2.05) is 12.1 Å². The third-order valence-corrected chi connectivity index (χ3v) is 7.77. The topological polar surface area (TPSA) is 88.8 Å². The Morgan fingerprint density at radius 2 is 1.81 bits per heavy atom. The normalized spacial score (nSPS) is 18.7. The Bertz CT molecular complexity index is 1320. The number of carbonyl (C=O) groups excluding carboxylic acids is 1. The molecule has 0 saturated carbocycles. The van der Waals surface area contributed by atoms with Gasteiger partial charge in [-0.05, 0) is 75.6 Å². The van der Waals surface area contributed by atoms with Crippen LogP contribution in [0.15, 0.2) is 46.9 Å². The lowest BCUT2D eigenvalue weighted by atomic mass is 9.98. The van der Waals surface area contributed by atoms with E-state index in [0.717, 1.165) is 31.4 Å². The standard InChI is InChI=1S/C29H38N2O5S/c1-5-6-10-27-28(25-19-23(30-37(4,33)34)13-16-26(25)36-27)29(32)22-11-14-24(15-12-22)35-18-17-31-20(2)8-7-9-21(31)3/h11-16,19-21,30H,5-10,17-18H2,1-4H3. The van der Waals surface area contributed by atoms with Crippen molar-refractivity contribution in [2.24, 2.45) is 0 Å². The molecule has 37 heavy (non-hydrogen) atoms. The molecule has 2 unspecified atom stereocenters. The van der Waals surface area contributed by atoms with E-state index in [1.54, 1.807) is 30.3 Å². The van der Waals surface area contributed by atoms with Crippen LogP contribution in [0.2, 0.25) is 0 Å². The van der Waals surface area contributed by atoms with Crippen molar-refractivity contribution in [2.75, 3.05) is 24.1 Å². The molecule has 1 fully saturated rings. The number of sulfonamides is 1. The van der Waals surface area contributed by atoms with Gasteiger partial charge >= 0.3 is 0 Å². The number of benzene rings is 2. The summed E-state index contributed by atoms with van der Waals surface area (Å²) in [5, 5.41) is 0.606. The number of ether oxygens (including phenoxy) is 1. The van der Waals surface area contributed by atoms with Crippen molar-refractivity contribution in [3.05, 3.63) is 59.4 Å². The van der Waals surface area contributed by atoms with E-state index in [4.69, 9.17) is 9.15 Å². The molecule has 0 bridgehead atoms. The quantitative estimate of drug-likeness (QED) is 0.307. The van der Waals surface area contributed by atoms with Crippen molar-refractivity contribution >= 4 is 32.5 Å². The third kappa shape index (κ3) is 6.73. The molecule has 7 nitrogen and oxygen atoms in total. The van der Waals surface area contributed by atoms with Crippen LogP contribution < -0.4 is 9.46 Å². The van der Waals surface area contributed by atoms with E-state index in [0.29, 0.717) is 58.7 Å². The van der Waals surface area contributed by atoms with Crippen molar-refractivity contribution in [3.8, 4) is 5.75 Å². The molecule has 0 spiro atoms. The van der Waals surface area contributed by atoms with Gasteiger partial charge in [-0.3, -0.25) is 14.4 Å². The van der Waals surface area contributed by atoms with Gasteiger partial charge in [0, 0.05) is 41.7 Å². The summed E-state index contributed by atoms with van der Waals surface area (Å²) in [6.45, 7) is 8.14. The number of nitrogens with one attached hydrogen (secondary N) is 1. The molecule has 3 aromatic rings. The van der Waals surface area contributed by atoms with Crippen LogP contribution in [0.1, 0.15) is 74.6 Å². The van der Waals surface area contributed by atoms with Crippen LogP contribution in [0.25, 0.3) is 11.0 Å². The molecule has 1 N–H and O–H groups in total. The summed E-state index contributed by atoms with van der Waals surface area (Å²) in [6, 6.07) is 13.4. The first-order valence-electron chi connectivity index (χ1n) is 13.2. The van der Waals surface area contributed by atoms with Gasteiger partial charge in [0.05, 0.1) is 11.8 Å². The predicted octanol–water partition coefficient (Wildman–Crippen LogP) is 6.02. The monoisotopic (exact) mass is 526 g/mol. The first-order valence-corrected chi connectivity index (χ1v) is 15.1. The van der Waals surface area contributed by atoms with Gasteiger partial charge < -0.3 is 9.15 Å². The van der Waals surface area contributed by atoms with Gasteiger partial charge in [0.2, 0.25) is 10.0 Å². The summed E-state index contributed by atoms with van der Waals surface area (Å²) < 4.78 is 38.0. The fourth-order valence-electron chi connectivity index (χ4n) is 5.22. The fourth-order valence-corrected chi connectivity index (χ4v) is 5.77. The maximum absolute atomic E-state index is 13.7. The lowest BCUT2D eigenvalue weighted by Crippen LogP contribution is -2.45. The maximum atomic E-state index is 13.7. The lowest BCUT2D eigenvalue weighted by molar-refractivity contribution is 0.0851. The summed E-state index contributed by atoms with van der Waals surface area (Å²) >= 11 is 0. The van der Waals surface area contributed by atoms with Crippen molar-refractivity contribution in [3.63, 3.8) is 0 Å². The molecule has 1 aliphatic heterocycles. The van der Waals surface area contributed by atoms with Gasteiger partial charge in [0.1, 0.15) is 23.7 Å². The summed E-state index contributed by atoms with van der Waals surface area (Å²) in [7, 11) is -3.45. The average molecular weight is 527 g/mol. The number of piperidine rings is 1. The lowest BCUT2D eigenvalue weighted by Gasteiger charge is -2.38. The smallest absolute Gasteiger partial charge is 0.229 e. The van der Waals surface area contributed by atoms with Crippen molar-refractivity contribution in [1.29, 1.82) is 0 Å². The van der Waals surface area contributed by atoms with Crippen LogP contribution in [-0.2, 0) is 16.4 Å². The van der Waals surface area contributed by atoms with Gasteiger partial charge in [-0.2, -0.15) is 0 Å². The van der Waals surface area contributed by atoms with E-state index in [2.05, 4.69) is 30.4 Å². The zero-order chi connectivity index (χ0) is 26.6. The van der Waals surface area contributed by atoms with Crippen LogP contribution in [-0.4, -0.2) is 50.6 Å². The number of rotatable bonds is 11. The van der Waals surface area contributed by atoms with Crippen LogP contribution >= 0.6 is 0 Å². The molecule has 0 aliphatic carbocycles. The number of fused-ring (bicyclic) bond motifs is 1. The van der Waals surface area contributed by atoms with E-state index in [-0.39, 0.29) is 5.78 Å². The maximum Gasteiger partial charge on any atom is 0.229 e. The highest BCUT2D eigenvalue weighted by molar-refractivity contribution is 7.92. The molecule has 1 saturated heterocycles. The Kier molecular flexibility index (Phi) is 8.60. The number of ketones is 1. The van der Waals surface area contributed by atoms with Crippen LogP contribution in [0.4, 0.5) is 5.69 Å². The molecule has 2 aromatic carbocycles. The Balaban J connectivity index is 1.52. The molecule has 200 valence electrons. The highest BCUT2D eigenvalue weighted by atomic mass is 32.2. The minimum absolute atomic E-state index is 0.149. The molecule has 1 aromatic heterocycles. The van der Waals surface area contributed by atoms with Crippen LogP contribution in [0.5, 0.6) is 5.75 Å². The fraction of sp³-hybridized carbons (Fsp3) is 0.483. The molecule has 2 heterocycles. The Hall–Kier alpha value is -2.84. The minimum Gasteiger partial charge on any atom is -0.492 e. The number of hydrogen-bond donors (Lipinski definition) is 1. The third-order valence-electron chi connectivity index (χ3n) is 7.16. The number of nitrogens with zero attached hydrogens (tertiary/aromatic N) is 1. The second-order valence-electron chi connectivity index (χ2n) is 10.2. The van der Waals surface area contributed by atoms with Gasteiger partial charge in [-0.15, -0.1) is 0 Å². The van der Waals surface area contributed by atoms with E-state index in [1.165, 1.54) is 19.3 Å². The molecule has 8 heteroatoms. The molecular formula is C29H38N2O5S. The average Bonchev–Trinajstić information content (AvgIpc) is 3.21. The molecule has 2 atom stereocenters. The van der Waals surface area contributed by atoms with Gasteiger partial charge in [-0.25, -0.2) is 8.42 Å². The minimum atomic E-state index is -3.45. The highest BCUT2D eigenvalue weighted by Gasteiger charge is 2.25. The van der Waals surface area contributed by atoms with Gasteiger partial charge in [-0.1, -0.05) is 19.8 Å². The Labute approximate surface area is 220 Å². The Morgan fingerprint density at radius 3 is 2.46 bits per heavy atom. The zero-order valence-electron chi connectivity index (χ0n) is 22.2. The first kappa shape index (κ1) is 27.2. The van der Waals surface area contributed by atoms with E-state index < -0.39 is 10.0 Å². The number of unbranched alkanes of at least 4 members (excludes halogenated alkanes) is 1. The Morgan fingerprint density at radius 1 is 1.11 bits per heavy atom. The number of anilines is 1. The number of likely N-dealkylation sites (tertiary alicyclic amines) is 1. The van der Waals surface area contributed by atoms with Gasteiger partial charge in [0.25, 0.3) is 0 Å². The molecule has 0 amide bonds. The van der Waals surface area contributed by atoms with E-state index >= 15 is 0 Å². The zero-order valence-corrected chi connectivity index (χ0v) is 23.1. The highest BCUT2D eigenvalue weighted by Crippen LogP contribution is 2.32. The SMILES string of the molecule is CCCCc1oc2ccc(NS(C)(=O)=O)cc2c1C(=O)c1ccc(OCCN2C(C)CCCC2C)cc1. The number of aryl methyl sites for hydroxylation is 1. The predicted molar refractivity (Wildman–Crippen MR) is 148 cm³/mol. The van der Waals surface area contributed by atoms with Crippen molar-refractivity contribution < 1.29 is 22.4 Å². The van der Waals surface area contributed by atoms with Crippen LogP contribution in [0.3, 0.4) is 0 Å². The molecule has 0 radical (unpaired) electrons. The first-order chi connectivity index (χ1) is 17.7. The van der Waals surface area contributed by atoms with Crippen molar-refractivity contribution in [2.45, 2.75) is 71.4 Å². The number of carbonyl (C=O) groups is 1. The summed E-state index contributed by atoms with van der Waals surface area (Å²) in [5.41, 5.74) is 1.98. The summed E-state index contributed by atoms with van der Waals surface area (Å²) in [6.07, 6.45) is 7.34. The number of furan rings is 1. The molecule has 4 rings (SSSR count). The second-order valence-corrected chi connectivity index (χ2v) is 11.9. The largest absolute Gasteiger partial charge is 0.492 e. The molecular weight excluding hydrogens is 488 g/mol. The summed E-state index contributed by atoms with van der Waals surface area (Å²) in [4.78, 5) is 16.2. The number of hydrogen-bond acceptors (Lipinski definition) is 6. The summed E-state index contributed by atoms with van der Waals surface area (Å²) in [5.74, 6) is 1.21. The van der Waals surface area contributed by atoms with E-state index in [9.17, 15) is 13.2 Å². The van der Waals surface area contributed by atoms with Crippen LogP contribution in [0, 0.1) is 0 Å². The second kappa shape index (κ2) is 11.7. The van der Waals surface area contributed by atoms with Gasteiger partial charge in [0.15, 0.2) is 5.78 Å². The molecule has 1 aliphatic rings.